The highest BCUT2D eigenvalue weighted by Crippen LogP contribution is 2.39. The lowest BCUT2D eigenvalue weighted by atomic mass is 9.99. The van der Waals surface area contributed by atoms with Gasteiger partial charge in [-0.15, -0.1) is 0 Å². The average Bonchev–Trinajstić information content (AvgIpc) is 2.68. The summed E-state index contributed by atoms with van der Waals surface area (Å²) < 4.78 is 5.35. The van der Waals surface area contributed by atoms with Crippen LogP contribution in [0.3, 0.4) is 0 Å². The summed E-state index contributed by atoms with van der Waals surface area (Å²) in [6.45, 7) is 0. The number of methoxy groups -OCH3 is 1. The smallest absolute Gasteiger partial charge is 0.260 e. The van der Waals surface area contributed by atoms with Gasteiger partial charge in [0.1, 0.15) is 11.5 Å². The summed E-state index contributed by atoms with van der Waals surface area (Å²) in [5.74, 6) is 0.393. The monoisotopic (exact) mass is 376 g/mol. The van der Waals surface area contributed by atoms with Crippen LogP contribution in [0.4, 0.5) is 0 Å². The van der Waals surface area contributed by atoms with E-state index in [9.17, 15) is 9.90 Å². The molecule has 0 saturated heterocycles. The van der Waals surface area contributed by atoms with Gasteiger partial charge in [-0.1, -0.05) is 54.1 Å². The zero-order chi connectivity index (χ0) is 19.0. The summed E-state index contributed by atoms with van der Waals surface area (Å²) in [7, 11) is 1.52. The van der Waals surface area contributed by atoms with Gasteiger partial charge in [-0.05, 0) is 29.8 Å². The Balaban J connectivity index is 2.03. The number of aromatic nitrogens is 1. The molecule has 5 heteroatoms. The number of pyridine rings is 1. The third kappa shape index (κ3) is 2.94. The van der Waals surface area contributed by atoms with Gasteiger partial charge < -0.3 is 14.8 Å². The highest BCUT2D eigenvalue weighted by atomic mass is 35.5. The molecule has 0 saturated carbocycles. The summed E-state index contributed by atoms with van der Waals surface area (Å²) in [5, 5.41) is 11.9. The molecule has 1 radical (unpaired) electrons. The summed E-state index contributed by atoms with van der Waals surface area (Å²) in [6, 6.07) is 20.8. The first-order chi connectivity index (χ1) is 13.1. The Morgan fingerprint density at radius 2 is 1.81 bits per heavy atom. The number of hydrogen-bond acceptors (Lipinski definition) is 3. The molecule has 0 unspecified atom stereocenters. The molecule has 3 aromatic carbocycles. The van der Waals surface area contributed by atoms with Crippen LogP contribution in [0.1, 0.15) is 0 Å². The Labute approximate surface area is 160 Å². The van der Waals surface area contributed by atoms with Crippen molar-refractivity contribution in [2.24, 2.45) is 0 Å². The van der Waals surface area contributed by atoms with Crippen molar-refractivity contribution in [3.63, 3.8) is 0 Å². The normalized spacial score (nSPS) is 10.9. The fourth-order valence-corrected chi connectivity index (χ4v) is 3.46. The van der Waals surface area contributed by atoms with Crippen LogP contribution in [0.5, 0.6) is 11.5 Å². The predicted molar refractivity (Wildman–Crippen MR) is 108 cm³/mol. The van der Waals surface area contributed by atoms with E-state index in [0.29, 0.717) is 27.2 Å². The van der Waals surface area contributed by atoms with Gasteiger partial charge in [0.25, 0.3) is 5.56 Å². The molecule has 4 rings (SSSR count). The molecule has 0 fully saturated rings. The van der Waals surface area contributed by atoms with Gasteiger partial charge in [0.05, 0.1) is 23.2 Å². The van der Waals surface area contributed by atoms with Crippen LogP contribution in [0.15, 0.2) is 65.5 Å². The number of H-pyrrole nitrogens is 1. The molecule has 4 nitrogen and oxygen atoms in total. The molecule has 0 aliphatic carbocycles. The standard InChI is InChI=1S/C22H15ClNO3/c1-27-19-10-6-5-9-14(19)20-21(25)16-11-15(13-7-3-2-4-8-13)17(23)12-18(16)24-22(20)26/h3-12H,1H3,(H2,24,25,26). The molecule has 0 aliphatic heterocycles. The summed E-state index contributed by atoms with van der Waals surface area (Å²) in [4.78, 5) is 15.5. The molecule has 1 aromatic heterocycles. The molecule has 1 heterocycles. The van der Waals surface area contributed by atoms with Gasteiger partial charge in [0, 0.05) is 16.5 Å². The summed E-state index contributed by atoms with van der Waals surface area (Å²) in [5.41, 5.74) is 2.38. The number of fused-ring (bicyclic) bond motifs is 1. The Hall–Kier alpha value is -3.24. The van der Waals surface area contributed by atoms with E-state index in [0.717, 1.165) is 11.1 Å². The zero-order valence-corrected chi connectivity index (χ0v) is 15.2. The number of aromatic hydroxyl groups is 1. The van der Waals surface area contributed by atoms with E-state index in [1.54, 1.807) is 48.5 Å². The topological polar surface area (TPSA) is 62.3 Å². The number of rotatable bonds is 3. The van der Waals surface area contributed by atoms with Crippen molar-refractivity contribution in [1.82, 2.24) is 4.98 Å². The number of aromatic amines is 1. The molecule has 133 valence electrons. The summed E-state index contributed by atoms with van der Waals surface area (Å²) >= 11 is 6.41. The van der Waals surface area contributed by atoms with Crippen molar-refractivity contribution < 1.29 is 9.84 Å². The molecule has 4 aromatic rings. The third-order valence-corrected chi connectivity index (χ3v) is 4.79. The molecule has 0 atom stereocenters. The van der Waals surface area contributed by atoms with E-state index in [1.165, 1.54) is 7.11 Å². The number of ether oxygens (including phenoxy) is 1. The van der Waals surface area contributed by atoms with E-state index in [2.05, 4.69) is 11.1 Å². The van der Waals surface area contributed by atoms with Gasteiger partial charge in [-0.2, -0.15) is 0 Å². The van der Waals surface area contributed by atoms with Gasteiger partial charge in [-0.25, -0.2) is 0 Å². The van der Waals surface area contributed by atoms with Gasteiger partial charge in [0.2, 0.25) is 0 Å². The maximum Gasteiger partial charge on any atom is 0.260 e. The van der Waals surface area contributed by atoms with E-state index in [-0.39, 0.29) is 11.3 Å². The Bertz CT molecular complexity index is 1200. The minimum Gasteiger partial charge on any atom is -0.506 e. The molecule has 0 bridgehead atoms. The highest BCUT2D eigenvalue weighted by Gasteiger charge is 2.18. The Kier molecular flexibility index (Phi) is 4.34. The predicted octanol–water partition coefficient (Wildman–Crippen LogP) is 5.03. The van der Waals surface area contributed by atoms with Crippen LogP contribution in [0.2, 0.25) is 5.02 Å². The van der Waals surface area contributed by atoms with Crippen LogP contribution in [0, 0.1) is 6.07 Å². The lowest BCUT2D eigenvalue weighted by Gasteiger charge is -2.13. The average molecular weight is 377 g/mol. The molecule has 27 heavy (non-hydrogen) atoms. The van der Waals surface area contributed by atoms with Crippen LogP contribution < -0.4 is 10.3 Å². The van der Waals surface area contributed by atoms with Crippen LogP contribution >= 0.6 is 11.6 Å². The lowest BCUT2D eigenvalue weighted by molar-refractivity contribution is 0.415. The minimum absolute atomic E-state index is 0.112. The van der Waals surface area contributed by atoms with Crippen molar-refractivity contribution in [3.8, 4) is 33.8 Å². The molecule has 2 N–H and O–H groups in total. The number of hydrogen-bond donors (Lipinski definition) is 2. The number of nitrogens with one attached hydrogen (secondary N) is 1. The third-order valence-electron chi connectivity index (χ3n) is 4.48. The molecule has 0 aliphatic rings. The first kappa shape index (κ1) is 17.2. The van der Waals surface area contributed by atoms with E-state index in [1.807, 2.05) is 12.1 Å². The minimum atomic E-state index is -0.414. The van der Waals surface area contributed by atoms with Crippen molar-refractivity contribution in [2.75, 3.05) is 7.11 Å². The largest absolute Gasteiger partial charge is 0.506 e. The van der Waals surface area contributed by atoms with Crippen molar-refractivity contribution in [2.45, 2.75) is 0 Å². The highest BCUT2D eigenvalue weighted by molar-refractivity contribution is 6.34. The number of benzene rings is 3. The van der Waals surface area contributed by atoms with Crippen LogP contribution in [0.25, 0.3) is 33.2 Å². The quantitative estimate of drug-likeness (QED) is 0.527. The molecule has 0 amide bonds. The Morgan fingerprint density at radius 1 is 1.07 bits per heavy atom. The van der Waals surface area contributed by atoms with Gasteiger partial charge >= 0.3 is 0 Å². The van der Waals surface area contributed by atoms with E-state index >= 15 is 0 Å². The second kappa shape index (κ2) is 6.82. The maximum absolute atomic E-state index is 12.7. The van der Waals surface area contributed by atoms with Crippen molar-refractivity contribution >= 4 is 22.5 Å². The number of halogens is 1. The fourth-order valence-electron chi connectivity index (χ4n) is 3.19. The second-order valence-corrected chi connectivity index (χ2v) is 6.45. The fraction of sp³-hybridized carbons (Fsp3) is 0.0455. The Morgan fingerprint density at radius 3 is 2.56 bits per heavy atom. The first-order valence-corrected chi connectivity index (χ1v) is 8.66. The van der Waals surface area contributed by atoms with Gasteiger partial charge in [0.15, 0.2) is 0 Å². The van der Waals surface area contributed by atoms with Gasteiger partial charge in [-0.3, -0.25) is 4.79 Å². The first-order valence-electron chi connectivity index (χ1n) is 8.28. The molecular formula is C22H15ClNO3. The second-order valence-electron chi connectivity index (χ2n) is 6.04. The maximum atomic E-state index is 12.7. The molecule has 0 spiro atoms. The lowest BCUT2D eigenvalue weighted by Crippen LogP contribution is -2.10. The zero-order valence-electron chi connectivity index (χ0n) is 14.4. The van der Waals surface area contributed by atoms with Crippen molar-refractivity contribution in [1.29, 1.82) is 0 Å². The van der Waals surface area contributed by atoms with E-state index in [4.69, 9.17) is 16.3 Å². The summed E-state index contributed by atoms with van der Waals surface area (Å²) in [6.07, 6.45) is 0. The number of para-hydroxylation sites is 1. The van der Waals surface area contributed by atoms with Crippen LogP contribution in [-0.2, 0) is 0 Å². The van der Waals surface area contributed by atoms with E-state index < -0.39 is 5.56 Å². The van der Waals surface area contributed by atoms with Crippen molar-refractivity contribution in [3.05, 3.63) is 82.1 Å². The van der Waals surface area contributed by atoms with Crippen LogP contribution in [-0.4, -0.2) is 17.2 Å². The SMILES string of the molecule is COc1ccccc1-c1c(O)c2cc(-c3cc[c]cc3)c(Cl)cc2[nH]c1=O. The molecular weight excluding hydrogens is 362 g/mol.